The first-order valence-electron chi connectivity index (χ1n) is 7.44. The van der Waals surface area contributed by atoms with E-state index in [0.29, 0.717) is 26.1 Å². The Morgan fingerprint density at radius 3 is 2.67 bits per heavy atom. The molecule has 2 rings (SSSR count). The zero-order valence-corrected chi connectivity index (χ0v) is 12.5. The molecule has 2 N–H and O–H groups in total. The number of hydrogen-bond donors (Lipinski definition) is 1. The molecule has 1 aliphatic rings. The summed E-state index contributed by atoms with van der Waals surface area (Å²) in [6, 6.07) is 10.1. The van der Waals surface area contributed by atoms with Gasteiger partial charge < -0.3 is 10.6 Å². The van der Waals surface area contributed by atoms with Crippen molar-refractivity contribution in [3.8, 4) is 0 Å². The molecule has 5 heteroatoms. The first-order valence-corrected chi connectivity index (χ1v) is 7.44. The Labute approximate surface area is 125 Å². The lowest BCUT2D eigenvalue weighted by atomic mass is 10.1. The van der Waals surface area contributed by atoms with E-state index in [9.17, 15) is 9.59 Å². The Kier molecular flexibility index (Phi) is 5.33. The van der Waals surface area contributed by atoms with Gasteiger partial charge in [-0.15, -0.1) is 0 Å². The van der Waals surface area contributed by atoms with Gasteiger partial charge in [0.2, 0.25) is 11.8 Å². The van der Waals surface area contributed by atoms with E-state index in [1.165, 1.54) is 0 Å². The fraction of sp³-hybridized carbons (Fsp3) is 0.500. The molecule has 0 aliphatic carbocycles. The highest BCUT2D eigenvalue weighted by molar-refractivity contribution is 5.78. The van der Waals surface area contributed by atoms with Gasteiger partial charge >= 0.3 is 0 Å². The van der Waals surface area contributed by atoms with Crippen LogP contribution in [-0.2, 0) is 16.1 Å². The second-order valence-corrected chi connectivity index (χ2v) is 5.52. The summed E-state index contributed by atoms with van der Waals surface area (Å²) in [5, 5.41) is 0. The van der Waals surface area contributed by atoms with Crippen molar-refractivity contribution in [2.24, 2.45) is 5.73 Å². The normalized spacial score (nSPS) is 20.3. The van der Waals surface area contributed by atoms with Gasteiger partial charge in [0.15, 0.2) is 0 Å². The number of rotatable bonds is 5. The maximum absolute atomic E-state index is 12.4. The van der Waals surface area contributed by atoms with Crippen LogP contribution in [0.25, 0.3) is 0 Å². The number of amides is 2. The summed E-state index contributed by atoms with van der Waals surface area (Å²) in [7, 11) is 0. The summed E-state index contributed by atoms with van der Waals surface area (Å²) in [6.45, 7) is 4.23. The van der Waals surface area contributed by atoms with Crippen molar-refractivity contribution in [3.63, 3.8) is 0 Å². The van der Waals surface area contributed by atoms with Crippen molar-refractivity contribution >= 4 is 11.8 Å². The predicted octanol–water partition coefficient (Wildman–Crippen LogP) is 0.985. The van der Waals surface area contributed by atoms with Crippen LogP contribution < -0.4 is 5.73 Å². The molecular weight excluding hydrogens is 266 g/mol. The van der Waals surface area contributed by atoms with E-state index in [2.05, 4.69) is 6.92 Å². The van der Waals surface area contributed by atoms with Crippen molar-refractivity contribution in [1.29, 1.82) is 0 Å². The predicted molar refractivity (Wildman–Crippen MR) is 81.3 cm³/mol. The Bertz CT molecular complexity index is 490. The van der Waals surface area contributed by atoms with Crippen LogP contribution in [-0.4, -0.2) is 47.3 Å². The first-order chi connectivity index (χ1) is 10.1. The standard InChI is InChI=1S/C16H23N3O2/c1-2-14-11-18(12-15(17)20)9-8-16(21)19(14)10-13-6-4-3-5-7-13/h3-7,14H,2,8-12H2,1H3,(H2,17,20)/t14-/m1/s1. The van der Waals surface area contributed by atoms with Gasteiger partial charge in [0.05, 0.1) is 6.54 Å². The van der Waals surface area contributed by atoms with Crippen molar-refractivity contribution in [3.05, 3.63) is 35.9 Å². The van der Waals surface area contributed by atoms with E-state index in [4.69, 9.17) is 5.73 Å². The second-order valence-electron chi connectivity index (χ2n) is 5.52. The van der Waals surface area contributed by atoms with Gasteiger partial charge in [-0.1, -0.05) is 37.3 Å². The van der Waals surface area contributed by atoms with Gasteiger partial charge in [-0.2, -0.15) is 0 Å². The quantitative estimate of drug-likeness (QED) is 0.879. The molecule has 1 fully saturated rings. The number of hydrogen-bond acceptors (Lipinski definition) is 3. The van der Waals surface area contributed by atoms with Gasteiger partial charge in [-0.3, -0.25) is 14.5 Å². The van der Waals surface area contributed by atoms with Crippen LogP contribution in [0.3, 0.4) is 0 Å². The van der Waals surface area contributed by atoms with E-state index in [1.807, 2.05) is 40.1 Å². The highest BCUT2D eigenvalue weighted by atomic mass is 16.2. The molecule has 1 aromatic rings. The summed E-state index contributed by atoms with van der Waals surface area (Å²) in [5.74, 6) is -0.188. The highest BCUT2D eigenvalue weighted by Crippen LogP contribution is 2.17. The summed E-state index contributed by atoms with van der Waals surface area (Å²) in [6.07, 6.45) is 1.31. The molecule has 0 radical (unpaired) electrons. The zero-order chi connectivity index (χ0) is 15.2. The van der Waals surface area contributed by atoms with Crippen LogP contribution in [0.1, 0.15) is 25.3 Å². The molecule has 1 aromatic carbocycles. The van der Waals surface area contributed by atoms with E-state index in [0.717, 1.165) is 12.0 Å². The van der Waals surface area contributed by atoms with E-state index >= 15 is 0 Å². The lowest BCUT2D eigenvalue weighted by molar-refractivity contribution is -0.133. The fourth-order valence-electron chi connectivity index (χ4n) is 2.80. The maximum atomic E-state index is 12.4. The smallest absolute Gasteiger partial charge is 0.231 e. The summed E-state index contributed by atoms with van der Waals surface area (Å²) < 4.78 is 0. The molecule has 1 saturated heterocycles. The van der Waals surface area contributed by atoms with Crippen molar-refractivity contribution in [1.82, 2.24) is 9.80 Å². The molecule has 0 aromatic heterocycles. The average Bonchev–Trinajstić information content (AvgIpc) is 2.61. The van der Waals surface area contributed by atoms with Crippen molar-refractivity contribution in [2.45, 2.75) is 32.4 Å². The molecule has 2 amide bonds. The molecule has 0 unspecified atom stereocenters. The Hall–Kier alpha value is -1.88. The van der Waals surface area contributed by atoms with Crippen LogP contribution in [0.2, 0.25) is 0 Å². The van der Waals surface area contributed by atoms with Crippen molar-refractivity contribution < 1.29 is 9.59 Å². The number of benzene rings is 1. The third-order valence-electron chi connectivity index (χ3n) is 3.92. The molecular formula is C16H23N3O2. The monoisotopic (exact) mass is 289 g/mol. The van der Waals surface area contributed by atoms with Gasteiger partial charge in [-0.05, 0) is 12.0 Å². The lowest BCUT2D eigenvalue weighted by Gasteiger charge is -2.31. The van der Waals surface area contributed by atoms with Gasteiger partial charge in [0.1, 0.15) is 0 Å². The third-order valence-corrected chi connectivity index (χ3v) is 3.92. The molecule has 21 heavy (non-hydrogen) atoms. The molecule has 114 valence electrons. The van der Waals surface area contributed by atoms with Gasteiger partial charge in [0, 0.05) is 32.1 Å². The van der Waals surface area contributed by atoms with E-state index in [-0.39, 0.29) is 24.4 Å². The lowest BCUT2D eigenvalue weighted by Crippen LogP contribution is -2.44. The van der Waals surface area contributed by atoms with Crippen LogP contribution in [0.5, 0.6) is 0 Å². The highest BCUT2D eigenvalue weighted by Gasteiger charge is 2.28. The number of carbonyl (C=O) groups is 2. The number of carbonyl (C=O) groups excluding carboxylic acids is 2. The van der Waals surface area contributed by atoms with Crippen molar-refractivity contribution in [2.75, 3.05) is 19.6 Å². The summed E-state index contributed by atoms with van der Waals surface area (Å²) >= 11 is 0. The summed E-state index contributed by atoms with van der Waals surface area (Å²) in [4.78, 5) is 27.4. The number of primary amides is 1. The molecule has 1 atom stereocenters. The molecule has 0 bridgehead atoms. The zero-order valence-electron chi connectivity index (χ0n) is 12.5. The molecule has 0 saturated carbocycles. The third kappa shape index (κ3) is 4.29. The Morgan fingerprint density at radius 1 is 1.33 bits per heavy atom. The Morgan fingerprint density at radius 2 is 2.05 bits per heavy atom. The summed E-state index contributed by atoms with van der Waals surface area (Å²) in [5.41, 5.74) is 6.41. The first kappa shape index (κ1) is 15.5. The largest absolute Gasteiger partial charge is 0.369 e. The van der Waals surface area contributed by atoms with Gasteiger partial charge in [-0.25, -0.2) is 0 Å². The fourth-order valence-corrected chi connectivity index (χ4v) is 2.80. The molecule has 5 nitrogen and oxygen atoms in total. The topological polar surface area (TPSA) is 66.6 Å². The number of nitrogens with two attached hydrogens (primary N) is 1. The Balaban J connectivity index is 2.11. The van der Waals surface area contributed by atoms with Crippen LogP contribution >= 0.6 is 0 Å². The minimum absolute atomic E-state index is 0.125. The second kappa shape index (κ2) is 7.22. The molecule has 0 spiro atoms. The minimum atomic E-state index is -0.339. The minimum Gasteiger partial charge on any atom is -0.369 e. The SMILES string of the molecule is CC[C@@H]1CN(CC(N)=O)CCC(=O)N1Cc1ccccc1. The molecule has 1 aliphatic heterocycles. The van der Waals surface area contributed by atoms with E-state index in [1.54, 1.807) is 0 Å². The number of nitrogens with zero attached hydrogens (tertiary/aromatic N) is 2. The van der Waals surface area contributed by atoms with E-state index < -0.39 is 0 Å². The molecule has 1 heterocycles. The maximum Gasteiger partial charge on any atom is 0.231 e. The van der Waals surface area contributed by atoms with Gasteiger partial charge in [0.25, 0.3) is 0 Å². The van der Waals surface area contributed by atoms with Crippen LogP contribution in [0, 0.1) is 0 Å². The van der Waals surface area contributed by atoms with Crippen LogP contribution in [0.15, 0.2) is 30.3 Å². The average molecular weight is 289 g/mol. The van der Waals surface area contributed by atoms with Crippen LogP contribution in [0.4, 0.5) is 0 Å².